The predicted octanol–water partition coefficient (Wildman–Crippen LogP) is -0.777. The minimum Gasteiger partial charge on any atom is -0.339 e. The maximum absolute atomic E-state index is 12.7. The van der Waals surface area contributed by atoms with E-state index >= 15 is 0 Å². The molecule has 7 nitrogen and oxygen atoms in total. The van der Waals surface area contributed by atoms with Gasteiger partial charge >= 0.3 is 0 Å². The highest BCUT2D eigenvalue weighted by molar-refractivity contribution is 7.86. The molecule has 0 radical (unpaired) electrons. The minimum atomic E-state index is -3.47. The van der Waals surface area contributed by atoms with Crippen LogP contribution in [0.2, 0.25) is 0 Å². The fourth-order valence-corrected chi connectivity index (χ4v) is 5.32. The maximum Gasteiger partial charge on any atom is 0.282 e. The number of amides is 1. The second-order valence-corrected chi connectivity index (χ2v) is 7.84. The number of rotatable bonds is 3. The van der Waals surface area contributed by atoms with Crippen molar-refractivity contribution >= 4 is 16.1 Å². The van der Waals surface area contributed by atoms with Crippen LogP contribution in [0.5, 0.6) is 0 Å². The van der Waals surface area contributed by atoms with Gasteiger partial charge in [0, 0.05) is 45.8 Å². The highest BCUT2D eigenvalue weighted by atomic mass is 32.2. The molecule has 3 saturated heterocycles. The van der Waals surface area contributed by atoms with Crippen molar-refractivity contribution in [1.82, 2.24) is 18.8 Å². The van der Waals surface area contributed by atoms with E-state index in [-0.39, 0.29) is 5.91 Å². The van der Waals surface area contributed by atoms with Crippen LogP contribution in [-0.2, 0) is 15.0 Å². The molecule has 3 rings (SSSR count). The van der Waals surface area contributed by atoms with Crippen LogP contribution in [0.4, 0.5) is 0 Å². The summed E-state index contributed by atoms with van der Waals surface area (Å²) in [5.74, 6) is -0.0169. The Bertz CT molecular complexity index is 484. The lowest BCUT2D eigenvalue weighted by atomic mass is 10.2. The molecule has 1 unspecified atom stereocenters. The zero-order valence-electron chi connectivity index (χ0n) is 12.3. The van der Waals surface area contributed by atoms with Gasteiger partial charge in [0.2, 0.25) is 5.91 Å². The summed E-state index contributed by atoms with van der Waals surface area (Å²) in [5.41, 5.74) is 0. The lowest BCUT2D eigenvalue weighted by Crippen LogP contribution is -2.55. The fourth-order valence-electron chi connectivity index (χ4n) is 3.43. The van der Waals surface area contributed by atoms with Crippen LogP contribution in [0.15, 0.2) is 0 Å². The molecule has 3 fully saturated rings. The Hall–Kier alpha value is -0.700. The molecule has 0 aromatic heterocycles. The van der Waals surface area contributed by atoms with E-state index in [0.29, 0.717) is 39.1 Å². The third-order valence-electron chi connectivity index (χ3n) is 4.61. The molecule has 21 heavy (non-hydrogen) atoms. The summed E-state index contributed by atoms with van der Waals surface area (Å²) in [5, 5.41) is 3.21. The van der Waals surface area contributed by atoms with Crippen molar-refractivity contribution in [2.75, 3.05) is 45.8 Å². The smallest absolute Gasteiger partial charge is 0.282 e. The van der Waals surface area contributed by atoms with Crippen LogP contribution >= 0.6 is 0 Å². The molecule has 0 aliphatic carbocycles. The molecule has 3 aliphatic heterocycles. The maximum atomic E-state index is 12.7. The van der Waals surface area contributed by atoms with Gasteiger partial charge in [-0.25, -0.2) is 0 Å². The van der Waals surface area contributed by atoms with Gasteiger partial charge in [0.25, 0.3) is 10.2 Å². The van der Waals surface area contributed by atoms with Gasteiger partial charge in [-0.05, 0) is 25.7 Å². The summed E-state index contributed by atoms with van der Waals surface area (Å²) in [6.07, 6.45) is 3.26. The quantitative estimate of drug-likeness (QED) is 0.742. The first kappa shape index (κ1) is 15.2. The van der Waals surface area contributed by atoms with Gasteiger partial charge < -0.3 is 10.2 Å². The number of carbonyl (C=O) groups excluding carboxylic acids is 1. The van der Waals surface area contributed by atoms with Crippen LogP contribution < -0.4 is 5.32 Å². The zero-order valence-corrected chi connectivity index (χ0v) is 13.1. The molecular weight excluding hydrogens is 292 g/mol. The van der Waals surface area contributed by atoms with Gasteiger partial charge in [-0.1, -0.05) is 0 Å². The molecule has 1 N–H and O–H groups in total. The molecule has 0 aromatic rings. The van der Waals surface area contributed by atoms with E-state index in [1.165, 1.54) is 8.61 Å². The van der Waals surface area contributed by atoms with Crippen molar-refractivity contribution in [3.05, 3.63) is 0 Å². The fraction of sp³-hybridized carbons (Fsp3) is 0.923. The van der Waals surface area contributed by atoms with Crippen molar-refractivity contribution in [1.29, 1.82) is 0 Å². The second kappa shape index (κ2) is 6.20. The Kier molecular flexibility index (Phi) is 4.49. The number of hydrogen-bond donors (Lipinski definition) is 1. The Balaban J connectivity index is 1.73. The third-order valence-corrected chi connectivity index (χ3v) is 6.65. The lowest BCUT2D eigenvalue weighted by molar-refractivity contribution is -0.135. The van der Waals surface area contributed by atoms with Gasteiger partial charge in [-0.3, -0.25) is 4.79 Å². The lowest BCUT2D eigenvalue weighted by Gasteiger charge is -2.33. The highest BCUT2D eigenvalue weighted by Crippen LogP contribution is 2.27. The summed E-state index contributed by atoms with van der Waals surface area (Å²) in [4.78, 5) is 14.5. The van der Waals surface area contributed by atoms with Crippen LogP contribution in [-0.4, -0.2) is 79.7 Å². The number of hydrogen-bond acceptors (Lipinski definition) is 4. The topological polar surface area (TPSA) is 73.0 Å². The highest BCUT2D eigenvalue weighted by Gasteiger charge is 2.43. The predicted molar refractivity (Wildman–Crippen MR) is 78.9 cm³/mol. The number of carbonyl (C=O) groups is 1. The van der Waals surface area contributed by atoms with Gasteiger partial charge in [0.15, 0.2) is 0 Å². The minimum absolute atomic E-state index is 0.0169. The Morgan fingerprint density at radius 1 is 0.952 bits per heavy atom. The van der Waals surface area contributed by atoms with Crippen LogP contribution in [0, 0.1) is 0 Å². The second-order valence-electron chi connectivity index (χ2n) is 5.96. The summed E-state index contributed by atoms with van der Waals surface area (Å²) < 4.78 is 28.4. The largest absolute Gasteiger partial charge is 0.339 e. The van der Waals surface area contributed by atoms with E-state index in [9.17, 15) is 13.2 Å². The summed E-state index contributed by atoms with van der Waals surface area (Å²) in [6.45, 7) is 4.58. The zero-order chi connectivity index (χ0) is 14.9. The molecule has 1 amide bonds. The van der Waals surface area contributed by atoms with Crippen LogP contribution in [0.3, 0.4) is 0 Å². The Morgan fingerprint density at radius 3 is 2.29 bits per heavy atom. The summed E-state index contributed by atoms with van der Waals surface area (Å²) in [6, 6.07) is -0.492. The van der Waals surface area contributed by atoms with E-state index in [4.69, 9.17) is 0 Å². The van der Waals surface area contributed by atoms with Crippen LogP contribution in [0.25, 0.3) is 0 Å². The van der Waals surface area contributed by atoms with E-state index in [1.807, 2.05) is 0 Å². The van der Waals surface area contributed by atoms with Crippen molar-refractivity contribution in [2.45, 2.75) is 31.7 Å². The average Bonchev–Trinajstić information content (AvgIpc) is 3.19. The van der Waals surface area contributed by atoms with Gasteiger partial charge in [-0.15, -0.1) is 0 Å². The molecule has 0 bridgehead atoms. The van der Waals surface area contributed by atoms with Crippen molar-refractivity contribution in [3.8, 4) is 0 Å². The molecule has 120 valence electrons. The molecular formula is C13H24N4O3S. The molecule has 3 heterocycles. The first-order valence-corrected chi connectivity index (χ1v) is 9.27. The van der Waals surface area contributed by atoms with Crippen LogP contribution in [0.1, 0.15) is 25.7 Å². The molecule has 0 saturated carbocycles. The normalized spacial score (nSPS) is 29.1. The summed E-state index contributed by atoms with van der Waals surface area (Å²) in [7, 11) is -3.47. The SMILES string of the molecule is O=C(C1CCCN1S(=O)(=O)N1CCCC1)N1CCNCC1. The van der Waals surface area contributed by atoms with Crippen molar-refractivity contribution < 1.29 is 13.2 Å². The first-order chi connectivity index (χ1) is 10.1. The third kappa shape index (κ3) is 2.94. The number of nitrogens with zero attached hydrogens (tertiary/aromatic N) is 3. The molecule has 3 aliphatic rings. The van der Waals surface area contributed by atoms with Gasteiger partial charge in [0.1, 0.15) is 6.04 Å². The average molecular weight is 316 g/mol. The van der Waals surface area contributed by atoms with E-state index in [0.717, 1.165) is 32.4 Å². The molecule has 8 heteroatoms. The van der Waals surface area contributed by atoms with E-state index < -0.39 is 16.3 Å². The van der Waals surface area contributed by atoms with E-state index in [1.54, 1.807) is 4.90 Å². The van der Waals surface area contributed by atoms with E-state index in [2.05, 4.69) is 5.32 Å². The molecule has 0 aromatic carbocycles. The Labute approximate surface area is 126 Å². The number of piperazine rings is 1. The first-order valence-electron chi connectivity index (χ1n) is 7.87. The van der Waals surface area contributed by atoms with Crippen molar-refractivity contribution in [3.63, 3.8) is 0 Å². The molecule has 0 spiro atoms. The standard InChI is InChI=1S/C13H24N4O3S/c18-13(15-10-5-14-6-11-15)12-4-3-9-17(12)21(19,20)16-7-1-2-8-16/h12,14H,1-11H2. The van der Waals surface area contributed by atoms with Crippen molar-refractivity contribution in [2.24, 2.45) is 0 Å². The molecule has 1 atom stereocenters. The monoisotopic (exact) mass is 316 g/mol. The van der Waals surface area contributed by atoms with Gasteiger partial charge in [0.05, 0.1) is 0 Å². The Morgan fingerprint density at radius 2 is 1.62 bits per heavy atom. The van der Waals surface area contributed by atoms with Gasteiger partial charge in [-0.2, -0.15) is 17.0 Å². The number of nitrogens with one attached hydrogen (secondary N) is 1. The summed E-state index contributed by atoms with van der Waals surface area (Å²) >= 11 is 0.